The summed E-state index contributed by atoms with van der Waals surface area (Å²) in [5, 5.41) is 3.50. The van der Waals surface area contributed by atoms with Crippen LogP contribution >= 0.6 is 0 Å². The minimum absolute atomic E-state index is 0.139. The summed E-state index contributed by atoms with van der Waals surface area (Å²) in [6.07, 6.45) is 3.08. The molecule has 0 aliphatic heterocycles. The zero-order valence-corrected chi connectivity index (χ0v) is 9.67. The highest BCUT2D eigenvalue weighted by atomic mass is 19.1. The van der Waals surface area contributed by atoms with Crippen LogP contribution in [0.15, 0.2) is 24.3 Å². The molecule has 88 valence electrons. The number of rotatable bonds is 5. The Morgan fingerprint density at radius 1 is 1.44 bits per heavy atom. The van der Waals surface area contributed by atoms with Crippen molar-refractivity contribution in [3.05, 3.63) is 35.6 Å². The largest absolute Gasteiger partial charge is 0.329 e. The van der Waals surface area contributed by atoms with E-state index in [0.717, 1.165) is 5.56 Å². The molecule has 1 aromatic carbocycles. The Hall–Kier alpha value is -0.930. The fourth-order valence-corrected chi connectivity index (χ4v) is 1.96. The molecular weight excluding hydrogens is 203 g/mol. The molecular formula is C13H19FN2. The summed E-state index contributed by atoms with van der Waals surface area (Å²) in [6, 6.07) is 7.50. The maximum absolute atomic E-state index is 13.5. The Morgan fingerprint density at radius 2 is 2.12 bits per heavy atom. The molecule has 16 heavy (non-hydrogen) atoms. The molecule has 0 radical (unpaired) electrons. The molecule has 1 aliphatic rings. The second-order valence-electron chi connectivity index (χ2n) is 4.95. The van der Waals surface area contributed by atoms with E-state index in [1.807, 2.05) is 12.1 Å². The van der Waals surface area contributed by atoms with Crippen molar-refractivity contribution in [3.8, 4) is 0 Å². The van der Waals surface area contributed by atoms with Crippen LogP contribution in [0.3, 0.4) is 0 Å². The first-order valence-electron chi connectivity index (χ1n) is 5.84. The third-order valence-corrected chi connectivity index (χ3v) is 3.12. The van der Waals surface area contributed by atoms with Crippen LogP contribution < -0.4 is 11.1 Å². The molecule has 1 saturated carbocycles. The number of benzene rings is 1. The predicted octanol–water partition coefficient (Wildman–Crippen LogP) is 1.84. The van der Waals surface area contributed by atoms with E-state index in [0.29, 0.717) is 19.0 Å². The summed E-state index contributed by atoms with van der Waals surface area (Å²) in [7, 11) is 0. The van der Waals surface area contributed by atoms with Gasteiger partial charge in [-0.15, -0.1) is 0 Å². The highest BCUT2D eigenvalue weighted by Gasteiger charge is 2.31. The third-order valence-electron chi connectivity index (χ3n) is 3.12. The van der Waals surface area contributed by atoms with E-state index in [1.165, 1.54) is 18.9 Å². The van der Waals surface area contributed by atoms with Crippen LogP contribution in [0.25, 0.3) is 0 Å². The molecule has 1 fully saturated rings. The highest BCUT2D eigenvalue weighted by Crippen LogP contribution is 2.24. The monoisotopic (exact) mass is 222 g/mol. The van der Waals surface area contributed by atoms with Crippen molar-refractivity contribution in [1.29, 1.82) is 0 Å². The first-order valence-corrected chi connectivity index (χ1v) is 5.84. The van der Waals surface area contributed by atoms with Gasteiger partial charge in [0, 0.05) is 18.1 Å². The van der Waals surface area contributed by atoms with Gasteiger partial charge in [0.1, 0.15) is 5.82 Å². The van der Waals surface area contributed by atoms with E-state index >= 15 is 0 Å². The lowest BCUT2D eigenvalue weighted by Gasteiger charge is -2.30. The van der Waals surface area contributed by atoms with Crippen molar-refractivity contribution in [2.75, 3.05) is 6.54 Å². The average molecular weight is 222 g/mol. The molecule has 0 spiro atoms. The first-order chi connectivity index (χ1) is 7.63. The maximum atomic E-state index is 13.5. The van der Waals surface area contributed by atoms with Crippen molar-refractivity contribution in [2.45, 2.75) is 37.8 Å². The topological polar surface area (TPSA) is 38.0 Å². The van der Waals surface area contributed by atoms with Crippen molar-refractivity contribution >= 4 is 0 Å². The smallest absolute Gasteiger partial charge is 0.126 e. The van der Waals surface area contributed by atoms with Gasteiger partial charge >= 0.3 is 0 Å². The van der Waals surface area contributed by atoms with Crippen LogP contribution in [0.5, 0.6) is 0 Å². The number of hydrogen-bond donors (Lipinski definition) is 2. The van der Waals surface area contributed by atoms with E-state index in [2.05, 4.69) is 12.2 Å². The lowest BCUT2D eigenvalue weighted by Crippen LogP contribution is -2.51. The van der Waals surface area contributed by atoms with Gasteiger partial charge in [0.15, 0.2) is 0 Å². The second-order valence-corrected chi connectivity index (χ2v) is 4.95. The minimum Gasteiger partial charge on any atom is -0.329 e. The number of hydrogen-bond acceptors (Lipinski definition) is 2. The van der Waals surface area contributed by atoms with Crippen molar-refractivity contribution < 1.29 is 4.39 Å². The molecule has 0 saturated heterocycles. The van der Waals surface area contributed by atoms with Crippen molar-refractivity contribution in [1.82, 2.24) is 5.32 Å². The molecule has 0 aromatic heterocycles. The predicted molar refractivity (Wildman–Crippen MR) is 63.7 cm³/mol. The van der Waals surface area contributed by atoms with Crippen LogP contribution in [0.2, 0.25) is 0 Å². The van der Waals surface area contributed by atoms with Crippen LogP contribution in [0.1, 0.15) is 25.3 Å². The summed E-state index contributed by atoms with van der Waals surface area (Å²) in [5.41, 5.74) is 6.34. The molecule has 0 heterocycles. The molecule has 1 unspecified atom stereocenters. The van der Waals surface area contributed by atoms with Gasteiger partial charge in [-0.3, -0.25) is 0 Å². The lowest BCUT2D eigenvalue weighted by atomic mass is 9.92. The molecule has 1 aromatic rings. The van der Waals surface area contributed by atoms with Gasteiger partial charge in [-0.2, -0.15) is 0 Å². The molecule has 0 amide bonds. The van der Waals surface area contributed by atoms with Crippen molar-refractivity contribution in [2.24, 2.45) is 5.73 Å². The summed E-state index contributed by atoms with van der Waals surface area (Å²) < 4.78 is 13.5. The van der Waals surface area contributed by atoms with Gasteiger partial charge < -0.3 is 11.1 Å². The molecule has 2 nitrogen and oxygen atoms in total. The van der Waals surface area contributed by atoms with E-state index in [9.17, 15) is 4.39 Å². The van der Waals surface area contributed by atoms with Crippen LogP contribution in [-0.2, 0) is 6.42 Å². The molecule has 3 N–H and O–H groups in total. The van der Waals surface area contributed by atoms with Crippen LogP contribution in [-0.4, -0.2) is 18.1 Å². The van der Waals surface area contributed by atoms with Gasteiger partial charge in [-0.05, 0) is 37.8 Å². The van der Waals surface area contributed by atoms with E-state index < -0.39 is 0 Å². The van der Waals surface area contributed by atoms with Crippen LogP contribution in [0.4, 0.5) is 4.39 Å². The molecule has 1 aliphatic carbocycles. The SMILES string of the molecule is CC(CN)(Cc1ccccc1F)NC1CC1. The second kappa shape index (κ2) is 4.52. The van der Waals surface area contributed by atoms with Gasteiger partial charge in [0.25, 0.3) is 0 Å². The molecule has 1 atom stereocenters. The summed E-state index contributed by atoms with van der Waals surface area (Å²) in [5.74, 6) is -0.139. The van der Waals surface area contributed by atoms with Gasteiger partial charge in [-0.25, -0.2) is 4.39 Å². The quantitative estimate of drug-likeness (QED) is 0.797. The van der Waals surface area contributed by atoms with Gasteiger partial charge in [-0.1, -0.05) is 18.2 Å². The maximum Gasteiger partial charge on any atom is 0.126 e. The summed E-state index contributed by atoms with van der Waals surface area (Å²) in [4.78, 5) is 0. The number of halogens is 1. The van der Waals surface area contributed by atoms with Crippen molar-refractivity contribution in [3.63, 3.8) is 0 Å². The standard InChI is InChI=1S/C13H19FN2/c1-13(9-15,16-11-6-7-11)8-10-4-2-3-5-12(10)14/h2-5,11,16H,6-9,15H2,1H3. The lowest BCUT2D eigenvalue weighted by molar-refractivity contribution is 0.353. The summed E-state index contributed by atoms with van der Waals surface area (Å²) >= 11 is 0. The fraction of sp³-hybridized carbons (Fsp3) is 0.538. The summed E-state index contributed by atoms with van der Waals surface area (Å²) in [6.45, 7) is 2.59. The van der Waals surface area contributed by atoms with Gasteiger partial charge in [0.2, 0.25) is 0 Å². The minimum atomic E-state index is -0.191. The zero-order valence-electron chi connectivity index (χ0n) is 9.67. The Bertz CT molecular complexity index is 363. The Labute approximate surface area is 96.0 Å². The third kappa shape index (κ3) is 2.80. The molecule has 2 rings (SSSR count). The molecule has 3 heteroatoms. The Morgan fingerprint density at radius 3 is 2.69 bits per heavy atom. The normalized spacial score (nSPS) is 19.4. The zero-order chi connectivity index (χ0) is 11.6. The fourth-order valence-electron chi connectivity index (χ4n) is 1.96. The number of nitrogens with two attached hydrogens (primary N) is 1. The van der Waals surface area contributed by atoms with E-state index in [-0.39, 0.29) is 11.4 Å². The van der Waals surface area contributed by atoms with Crippen LogP contribution in [0, 0.1) is 5.82 Å². The number of nitrogens with one attached hydrogen (secondary N) is 1. The van der Waals surface area contributed by atoms with E-state index in [4.69, 9.17) is 5.73 Å². The Kier molecular flexibility index (Phi) is 3.26. The van der Waals surface area contributed by atoms with Gasteiger partial charge in [0.05, 0.1) is 0 Å². The average Bonchev–Trinajstić information content (AvgIpc) is 3.05. The Balaban J connectivity index is 2.07. The van der Waals surface area contributed by atoms with E-state index in [1.54, 1.807) is 6.07 Å². The molecule has 0 bridgehead atoms. The highest BCUT2D eigenvalue weighted by molar-refractivity contribution is 5.20. The first kappa shape index (κ1) is 11.6.